The highest BCUT2D eigenvalue weighted by molar-refractivity contribution is 7.92. The van der Waals surface area contributed by atoms with Crippen molar-refractivity contribution >= 4 is 60.5 Å². The molecular formula is C24H20ClN3O4S2. The second-order valence-electron chi connectivity index (χ2n) is 8.01. The molecule has 0 spiro atoms. The fraction of sp³-hybridized carbons (Fsp3) is 0.167. The minimum Gasteiger partial charge on any atom is -0.312 e. The standard InChI is InChI=1S/C24H20ClN3O4S2/c25-17-8-6-16(7-9-17)15-28-21-11-10-20(14-22(21)33-24(28)30)34(31,32)26-18-3-1-4-19(13-18)27-12-2-5-23(27)29/h1,3-4,6-11,13-14,26H,2,5,12,15H2. The molecule has 5 rings (SSSR count). The number of rotatable bonds is 6. The molecule has 10 heteroatoms. The fourth-order valence-electron chi connectivity index (χ4n) is 4.01. The lowest BCUT2D eigenvalue weighted by atomic mass is 10.2. The summed E-state index contributed by atoms with van der Waals surface area (Å²) in [5.41, 5.74) is 2.61. The van der Waals surface area contributed by atoms with Gasteiger partial charge in [0.15, 0.2) is 0 Å². The number of nitrogens with zero attached hydrogens (tertiary/aromatic N) is 2. The van der Waals surface area contributed by atoms with Crippen molar-refractivity contribution in [1.82, 2.24) is 4.57 Å². The topological polar surface area (TPSA) is 88.5 Å². The average Bonchev–Trinajstić information content (AvgIpc) is 3.37. The number of amides is 1. The molecule has 1 fully saturated rings. The summed E-state index contributed by atoms with van der Waals surface area (Å²) in [5.74, 6) is 0.0310. The van der Waals surface area contributed by atoms with Crippen molar-refractivity contribution in [3.8, 4) is 0 Å². The van der Waals surface area contributed by atoms with Crippen molar-refractivity contribution < 1.29 is 13.2 Å². The summed E-state index contributed by atoms with van der Waals surface area (Å²) in [6.07, 6.45) is 1.28. The van der Waals surface area contributed by atoms with Gasteiger partial charge in [0.1, 0.15) is 0 Å². The molecule has 0 atom stereocenters. The first-order valence-corrected chi connectivity index (χ1v) is 13.3. The lowest BCUT2D eigenvalue weighted by Crippen LogP contribution is -2.23. The van der Waals surface area contributed by atoms with Gasteiger partial charge in [-0.25, -0.2) is 8.42 Å². The van der Waals surface area contributed by atoms with Gasteiger partial charge in [0, 0.05) is 23.7 Å². The Labute approximate surface area is 205 Å². The molecule has 0 unspecified atom stereocenters. The van der Waals surface area contributed by atoms with Crippen molar-refractivity contribution in [3.63, 3.8) is 0 Å². The molecule has 34 heavy (non-hydrogen) atoms. The van der Waals surface area contributed by atoms with Crippen molar-refractivity contribution in [1.29, 1.82) is 0 Å². The Bertz CT molecular complexity index is 1560. The van der Waals surface area contributed by atoms with E-state index in [4.69, 9.17) is 11.6 Å². The zero-order valence-electron chi connectivity index (χ0n) is 17.9. The van der Waals surface area contributed by atoms with Crippen LogP contribution in [0, 0.1) is 0 Å². The van der Waals surface area contributed by atoms with Gasteiger partial charge in [-0.15, -0.1) is 0 Å². The van der Waals surface area contributed by atoms with Gasteiger partial charge >= 0.3 is 4.87 Å². The van der Waals surface area contributed by atoms with Gasteiger partial charge in [0.2, 0.25) is 5.91 Å². The molecule has 7 nitrogen and oxygen atoms in total. The molecule has 0 saturated carbocycles. The smallest absolute Gasteiger partial charge is 0.308 e. The largest absolute Gasteiger partial charge is 0.312 e. The first-order chi connectivity index (χ1) is 16.3. The average molecular weight is 514 g/mol. The van der Waals surface area contributed by atoms with E-state index in [9.17, 15) is 18.0 Å². The number of fused-ring (bicyclic) bond motifs is 1. The second kappa shape index (κ2) is 8.90. The summed E-state index contributed by atoms with van der Waals surface area (Å²) in [6, 6.07) is 18.7. The fourth-order valence-corrected chi connectivity index (χ4v) is 6.21. The van der Waals surface area contributed by atoms with Crippen LogP contribution >= 0.6 is 22.9 Å². The molecule has 3 aromatic carbocycles. The number of thiazole rings is 1. The number of nitrogens with one attached hydrogen (secondary N) is 1. The predicted octanol–water partition coefficient (Wildman–Crippen LogP) is 4.69. The Morgan fingerprint density at radius 3 is 2.53 bits per heavy atom. The molecule has 0 bridgehead atoms. The van der Waals surface area contributed by atoms with Gasteiger partial charge in [-0.3, -0.25) is 18.9 Å². The summed E-state index contributed by atoms with van der Waals surface area (Å²) in [7, 11) is -3.90. The second-order valence-corrected chi connectivity index (χ2v) is 11.1. The van der Waals surface area contributed by atoms with Gasteiger partial charge in [0.25, 0.3) is 10.0 Å². The molecule has 1 amide bonds. The minimum absolute atomic E-state index is 0.0310. The Balaban J connectivity index is 1.42. The molecule has 174 valence electrons. The molecule has 1 saturated heterocycles. The van der Waals surface area contributed by atoms with Crippen molar-refractivity contribution in [2.75, 3.05) is 16.2 Å². The number of hydrogen-bond donors (Lipinski definition) is 1. The molecule has 0 radical (unpaired) electrons. The molecule has 1 aliphatic rings. The lowest BCUT2D eigenvalue weighted by Gasteiger charge is -2.17. The highest BCUT2D eigenvalue weighted by Gasteiger charge is 2.23. The third kappa shape index (κ3) is 4.46. The van der Waals surface area contributed by atoms with Crippen LogP contribution in [0.1, 0.15) is 18.4 Å². The van der Waals surface area contributed by atoms with Gasteiger partial charge < -0.3 is 4.90 Å². The first kappa shape index (κ1) is 22.6. The minimum atomic E-state index is -3.90. The van der Waals surface area contributed by atoms with Crippen LogP contribution in [-0.2, 0) is 21.4 Å². The quantitative estimate of drug-likeness (QED) is 0.405. The van der Waals surface area contributed by atoms with Crippen LogP contribution in [-0.4, -0.2) is 25.4 Å². The van der Waals surface area contributed by atoms with E-state index in [0.29, 0.717) is 46.1 Å². The van der Waals surface area contributed by atoms with E-state index in [1.54, 1.807) is 51.9 Å². The number of carbonyl (C=O) groups excluding carboxylic acids is 1. The summed E-state index contributed by atoms with van der Waals surface area (Å²) in [4.78, 5) is 26.2. The van der Waals surface area contributed by atoms with Gasteiger partial charge in [-0.05, 0) is 60.5 Å². The SMILES string of the molecule is O=C1CCCN1c1cccc(NS(=O)(=O)c2ccc3c(c2)sc(=O)n3Cc2ccc(Cl)cc2)c1. The molecule has 2 heterocycles. The van der Waals surface area contributed by atoms with Gasteiger partial charge in [-0.1, -0.05) is 41.1 Å². The van der Waals surface area contributed by atoms with E-state index in [-0.39, 0.29) is 15.7 Å². The molecule has 0 aliphatic carbocycles. The van der Waals surface area contributed by atoms with Crippen LogP contribution in [0.2, 0.25) is 5.02 Å². The number of aromatic nitrogens is 1. The molecule has 4 aromatic rings. The number of halogens is 1. The first-order valence-electron chi connectivity index (χ1n) is 10.6. The zero-order valence-corrected chi connectivity index (χ0v) is 20.3. The van der Waals surface area contributed by atoms with Crippen LogP contribution < -0.4 is 14.5 Å². The van der Waals surface area contributed by atoms with E-state index in [1.807, 2.05) is 12.1 Å². The molecule has 1 aromatic heterocycles. The number of sulfonamides is 1. The Morgan fingerprint density at radius 1 is 1.00 bits per heavy atom. The maximum Gasteiger partial charge on any atom is 0.308 e. The highest BCUT2D eigenvalue weighted by atomic mass is 35.5. The van der Waals surface area contributed by atoms with Crippen LogP contribution in [0.5, 0.6) is 0 Å². The Kier molecular flexibility index (Phi) is 5.93. The summed E-state index contributed by atoms with van der Waals surface area (Å²) < 4.78 is 30.9. The predicted molar refractivity (Wildman–Crippen MR) is 135 cm³/mol. The summed E-state index contributed by atoms with van der Waals surface area (Å²) in [5, 5.41) is 0.617. The Hall–Kier alpha value is -3.14. The molecular weight excluding hydrogens is 494 g/mol. The Morgan fingerprint density at radius 2 is 1.79 bits per heavy atom. The molecule has 1 N–H and O–H groups in total. The summed E-state index contributed by atoms with van der Waals surface area (Å²) in [6.45, 7) is 0.986. The van der Waals surface area contributed by atoms with E-state index in [0.717, 1.165) is 23.3 Å². The van der Waals surface area contributed by atoms with Crippen molar-refractivity contribution in [2.45, 2.75) is 24.3 Å². The van der Waals surface area contributed by atoms with Crippen LogP contribution in [0.15, 0.2) is 76.4 Å². The molecule has 1 aliphatic heterocycles. The van der Waals surface area contributed by atoms with E-state index in [1.165, 1.54) is 12.1 Å². The van der Waals surface area contributed by atoms with Gasteiger partial charge in [-0.2, -0.15) is 0 Å². The number of carbonyl (C=O) groups is 1. The van der Waals surface area contributed by atoms with E-state index in [2.05, 4.69) is 4.72 Å². The third-order valence-electron chi connectivity index (χ3n) is 5.69. The monoisotopic (exact) mass is 513 g/mol. The normalized spacial score (nSPS) is 14.1. The van der Waals surface area contributed by atoms with Crippen LogP contribution in [0.4, 0.5) is 11.4 Å². The number of benzene rings is 3. The third-order valence-corrected chi connectivity index (χ3v) is 8.26. The summed E-state index contributed by atoms with van der Waals surface area (Å²) >= 11 is 6.94. The van der Waals surface area contributed by atoms with Crippen molar-refractivity contribution in [2.24, 2.45) is 0 Å². The van der Waals surface area contributed by atoms with Crippen LogP contribution in [0.3, 0.4) is 0 Å². The zero-order chi connectivity index (χ0) is 23.9. The maximum atomic E-state index is 13.1. The van der Waals surface area contributed by atoms with Crippen LogP contribution in [0.25, 0.3) is 10.2 Å². The number of hydrogen-bond acceptors (Lipinski definition) is 5. The van der Waals surface area contributed by atoms with E-state index < -0.39 is 10.0 Å². The highest BCUT2D eigenvalue weighted by Crippen LogP contribution is 2.27. The number of anilines is 2. The van der Waals surface area contributed by atoms with Crippen molar-refractivity contribution in [3.05, 3.63) is 87.0 Å². The maximum absolute atomic E-state index is 13.1. The lowest BCUT2D eigenvalue weighted by molar-refractivity contribution is -0.117. The van der Waals surface area contributed by atoms with Gasteiger partial charge in [0.05, 0.1) is 27.3 Å². The van der Waals surface area contributed by atoms with E-state index >= 15 is 0 Å².